The number of fused-ring (bicyclic) bond motifs is 1. The van der Waals surface area contributed by atoms with Gasteiger partial charge in [-0.2, -0.15) is 5.26 Å². The minimum absolute atomic E-state index is 0.122. The number of pyridine rings is 1. The van der Waals surface area contributed by atoms with Crippen molar-refractivity contribution in [2.75, 3.05) is 18.5 Å². The zero-order chi connectivity index (χ0) is 14.7. The lowest BCUT2D eigenvalue weighted by atomic mass is 10.2. The maximum Gasteiger partial charge on any atom is 0.161 e. The molecule has 21 heavy (non-hydrogen) atoms. The molecule has 1 atom stereocenters. The maximum atomic E-state index is 8.90. The normalized spacial score (nSPS) is 16.1. The average Bonchev–Trinajstić information content (AvgIpc) is 2.54. The summed E-state index contributed by atoms with van der Waals surface area (Å²) in [7, 11) is 0. The van der Waals surface area contributed by atoms with E-state index >= 15 is 0 Å². The molecule has 2 aromatic rings. The topological polar surface area (TPSA) is 67.2 Å². The van der Waals surface area contributed by atoms with Crippen LogP contribution in [0.2, 0.25) is 5.02 Å². The van der Waals surface area contributed by atoms with E-state index in [1.54, 1.807) is 12.1 Å². The highest BCUT2D eigenvalue weighted by molar-refractivity contribution is 6.31. The summed E-state index contributed by atoms with van der Waals surface area (Å²) in [4.78, 5) is 4.12. The first-order valence-corrected chi connectivity index (χ1v) is 6.83. The molecule has 3 rings (SSSR count). The van der Waals surface area contributed by atoms with Gasteiger partial charge in [0.1, 0.15) is 24.6 Å². The molecule has 1 aromatic carbocycles. The first kappa shape index (κ1) is 13.5. The van der Waals surface area contributed by atoms with Crippen molar-refractivity contribution in [3.8, 4) is 17.6 Å². The van der Waals surface area contributed by atoms with Gasteiger partial charge in [0.15, 0.2) is 17.2 Å². The second-order valence-electron chi connectivity index (χ2n) is 4.52. The summed E-state index contributed by atoms with van der Waals surface area (Å²) in [6, 6.07) is 12.9. The Balaban J connectivity index is 1.63. The molecule has 0 saturated heterocycles. The maximum absolute atomic E-state index is 8.90. The molecule has 0 spiro atoms. The molecule has 106 valence electrons. The number of nitriles is 1. The van der Waals surface area contributed by atoms with E-state index in [0.717, 1.165) is 11.5 Å². The Labute approximate surface area is 127 Å². The average molecular weight is 302 g/mol. The highest BCUT2D eigenvalue weighted by Crippen LogP contribution is 2.30. The van der Waals surface area contributed by atoms with Crippen molar-refractivity contribution in [3.05, 3.63) is 47.1 Å². The number of halogens is 1. The molecule has 0 aliphatic carbocycles. The molecule has 0 bridgehead atoms. The Morgan fingerprint density at radius 2 is 2.10 bits per heavy atom. The van der Waals surface area contributed by atoms with Gasteiger partial charge in [0.25, 0.3) is 0 Å². The number of rotatable bonds is 3. The zero-order valence-electron chi connectivity index (χ0n) is 11.0. The van der Waals surface area contributed by atoms with Gasteiger partial charge < -0.3 is 14.8 Å². The van der Waals surface area contributed by atoms with Crippen molar-refractivity contribution in [3.63, 3.8) is 0 Å². The summed E-state index contributed by atoms with van der Waals surface area (Å²) in [6.07, 6.45) is -0.122. The van der Waals surface area contributed by atoms with Crippen LogP contribution in [-0.2, 0) is 0 Å². The molecule has 1 unspecified atom stereocenters. The van der Waals surface area contributed by atoms with E-state index in [2.05, 4.69) is 10.3 Å². The van der Waals surface area contributed by atoms with Crippen LogP contribution in [0.5, 0.6) is 11.5 Å². The molecule has 1 N–H and O–H groups in total. The van der Waals surface area contributed by atoms with Gasteiger partial charge in [-0.15, -0.1) is 0 Å². The van der Waals surface area contributed by atoms with Gasteiger partial charge in [-0.25, -0.2) is 4.98 Å². The third-order valence-corrected chi connectivity index (χ3v) is 3.34. The van der Waals surface area contributed by atoms with Gasteiger partial charge in [0.05, 0.1) is 11.6 Å². The summed E-state index contributed by atoms with van der Waals surface area (Å²) in [5.74, 6) is 2.07. The molecule has 0 fully saturated rings. The summed E-state index contributed by atoms with van der Waals surface area (Å²) < 4.78 is 11.5. The van der Waals surface area contributed by atoms with Crippen LogP contribution in [0.4, 0.5) is 5.82 Å². The number of para-hydroxylation sites is 2. The van der Waals surface area contributed by atoms with Crippen LogP contribution in [0, 0.1) is 11.3 Å². The molecular weight excluding hydrogens is 290 g/mol. The third-order valence-electron chi connectivity index (χ3n) is 3.03. The second kappa shape index (κ2) is 5.90. The molecular formula is C15H12ClN3O2. The molecule has 0 saturated carbocycles. The van der Waals surface area contributed by atoms with E-state index in [1.165, 1.54) is 0 Å². The van der Waals surface area contributed by atoms with Gasteiger partial charge in [-0.3, -0.25) is 0 Å². The van der Waals surface area contributed by atoms with E-state index in [-0.39, 0.29) is 11.8 Å². The molecule has 0 radical (unpaired) electrons. The molecule has 6 heteroatoms. The van der Waals surface area contributed by atoms with Crippen LogP contribution >= 0.6 is 11.6 Å². The fourth-order valence-electron chi connectivity index (χ4n) is 2.00. The van der Waals surface area contributed by atoms with Crippen molar-refractivity contribution < 1.29 is 9.47 Å². The third kappa shape index (κ3) is 3.01. The highest BCUT2D eigenvalue weighted by Gasteiger charge is 2.20. The van der Waals surface area contributed by atoms with Crippen molar-refractivity contribution >= 4 is 17.4 Å². The first-order chi connectivity index (χ1) is 10.3. The van der Waals surface area contributed by atoms with Crippen molar-refractivity contribution in [1.29, 1.82) is 5.26 Å². The fourth-order valence-corrected chi connectivity index (χ4v) is 2.15. The van der Waals surface area contributed by atoms with Crippen LogP contribution in [0.25, 0.3) is 0 Å². The predicted octanol–water partition coefficient (Wildman–Crippen LogP) is 2.86. The lowest BCUT2D eigenvalue weighted by Crippen LogP contribution is -2.35. The van der Waals surface area contributed by atoms with Gasteiger partial charge in [0.2, 0.25) is 0 Å². The SMILES string of the molecule is N#Cc1nc(NCC2COc3ccccc3O2)ccc1Cl. The van der Waals surface area contributed by atoms with Crippen LogP contribution < -0.4 is 14.8 Å². The Bertz CT molecular complexity index is 700. The van der Waals surface area contributed by atoms with Crippen LogP contribution in [0.1, 0.15) is 5.69 Å². The van der Waals surface area contributed by atoms with Gasteiger partial charge in [0, 0.05) is 0 Å². The lowest BCUT2D eigenvalue weighted by Gasteiger charge is -2.26. The molecule has 1 aromatic heterocycles. The van der Waals surface area contributed by atoms with E-state index in [0.29, 0.717) is 24.0 Å². The first-order valence-electron chi connectivity index (χ1n) is 6.45. The fraction of sp³-hybridized carbons (Fsp3) is 0.200. The van der Waals surface area contributed by atoms with Crippen molar-refractivity contribution in [2.45, 2.75) is 6.10 Å². The van der Waals surface area contributed by atoms with Crippen molar-refractivity contribution in [2.24, 2.45) is 0 Å². The number of aromatic nitrogens is 1. The standard InChI is InChI=1S/C15H12ClN3O2/c16-11-5-6-15(19-12(11)7-17)18-8-10-9-20-13-3-1-2-4-14(13)21-10/h1-6,10H,8-9H2,(H,18,19). The van der Waals surface area contributed by atoms with Crippen LogP contribution in [0.15, 0.2) is 36.4 Å². The highest BCUT2D eigenvalue weighted by atomic mass is 35.5. The quantitative estimate of drug-likeness (QED) is 0.944. The number of nitrogens with zero attached hydrogens (tertiary/aromatic N) is 2. The zero-order valence-corrected chi connectivity index (χ0v) is 11.8. The second-order valence-corrected chi connectivity index (χ2v) is 4.92. The minimum Gasteiger partial charge on any atom is -0.486 e. The van der Waals surface area contributed by atoms with E-state index in [4.69, 9.17) is 26.3 Å². The van der Waals surface area contributed by atoms with Crippen LogP contribution in [0.3, 0.4) is 0 Å². The molecule has 1 aliphatic rings. The van der Waals surface area contributed by atoms with E-state index < -0.39 is 0 Å². The summed E-state index contributed by atoms with van der Waals surface area (Å²) in [6.45, 7) is 0.983. The number of anilines is 1. The number of hydrogen-bond acceptors (Lipinski definition) is 5. The van der Waals surface area contributed by atoms with E-state index in [9.17, 15) is 0 Å². The van der Waals surface area contributed by atoms with Gasteiger partial charge >= 0.3 is 0 Å². The molecule has 1 aliphatic heterocycles. The monoisotopic (exact) mass is 301 g/mol. The smallest absolute Gasteiger partial charge is 0.161 e. The van der Waals surface area contributed by atoms with Gasteiger partial charge in [-0.05, 0) is 24.3 Å². The Kier molecular flexibility index (Phi) is 3.80. The van der Waals surface area contributed by atoms with Crippen LogP contribution in [-0.4, -0.2) is 24.2 Å². The van der Waals surface area contributed by atoms with E-state index in [1.807, 2.05) is 30.3 Å². The lowest BCUT2D eigenvalue weighted by molar-refractivity contribution is 0.0997. The number of benzene rings is 1. The summed E-state index contributed by atoms with van der Waals surface area (Å²) in [5.41, 5.74) is 0.202. The molecule has 5 nitrogen and oxygen atoms in total. The Morgan fingerprint density at radius 3 is 2.90 bits per heavy atom. The van der Waals surface area contributed by atoms with Gasteiger partial charge in [-0.1, -0.05) is 23.7 Å². The number of ether oxygens (including phenoxy) is 2. The predicted molar refractivity (Wildman–Crippen MR) is 78.8 cm³/mol. The Hall–Kier alpha value is -2.45. The number of hydrogen-bond donors (Lipinski definition) is 1. The minimum atomic E-state index is -0.122. The van der Waals surface area contributed by atoms with Crippen molar-refractivity contribution in [1.82, 2.24) is 4.98 Å². The Morgan fingerprint density at radius 1 is 1.29 bits per heavy atom. The largest absolute Gasteiger partial charge is 0.486 e. The molecule has 2 heterocycles. The summed E-state index contributed by atoms with van der Waals surface area (Å²) in [5, 5.41) is 12.4. The summed E-state index contributed by atoms with van der Waals surface area (Å²) >= 11 is 5.84. The number of nitrogens with one attached hydrogen (secondary N) is 1. The molecule has 0 amide bonds.